The number of alkyl halides is 6. The van der Waals surface area contributed by atoms with Crippen LogP contribution in [0.3, 0.4) is 0 Å². The molecule has 162 valence electrons. The first-order valence-corrected chi connectivity index (χ1v) is 11.3. The van der Waals surface area contributed by atoms with E-state index in [0.717, 1.165) is 26.0 Å². The van der Waals surface area contributed by atoms with Gasteiger partial charge in [0, 0.05) is 0 Å². The minimum absolute atomic E-state index is 0.238. The van der Waals surface area contributed by atoms with Gasteiger partial charge in [-0.25, -0.2) is 8.42 Å². The maximum Gasteiger partial charge on any atom is 0.512 e. The largest absolute Gasteiger partial charge is 0.512 e. The molecule has 0 aliphatic heterocycles. The van der Waals surface area contributed by atoms with E-state index in [4.69, 9.17) is 0 Å². The van der Waals surface area contributed by atoms with E-state index in [0.29, 0.717) is 0 Å². The zero-order valence-electron chi connectivity index (χ0n) is 14.2. The molecule has 2 unspecified atom stereocenters. The molecule has 0 aliphatic rings. The summed E-state index contributed by atoms with van der Waals surface area (Å²) >= 11 is 0. The summed E-state index contributed by atoms with van der Waals surface area (Å²) < 4.78 is 129. The molecule has 0 aliphatic carbocycles. The summed E-state index contributed by atoms with van der Waals surface area (Å²) in [5.41, 5.74) is -11.4. The Morgan fingerprint density at radius 1 is 1.07 bits per heavy atom. The predicted molar refractivity (Wildman–Crippen MR) is 91.2 cm³/mol. The van der Waals surface area contributed by atoms with Crippen molar-refractivity contribution in [3.8, 4) is 0 Å². The molecule has 0 spiro atoms. The first kappa shape index (κ1) is 24.9. The SMILES string of the molecule is C/C=S(/N(CC(C)OS(=O)(=O)c1ccccc1)S(=O)(=O)C(F)(F)F)C(F)(F)F. The van der Waals surface area contributed by atoms with Crippen LogP contribution < -0.4 is 0 Å². The van der Waals surface area contributed by atoms with Crippen LogP contribution in [-0.4, -0.2) is 49.6 Å². The van der Waals surface area contributed by atoms with Gasteiger partial charge in [-0.15, -0.1) is 3.71 Å². The Balaban J connectivity index is 3.28. The van der Waals surface area contributed by atoms with Crippen molar-refractivity contribution in [2.24, 2.45) is 0 Å². The number of hydrogen-bond acceptors (Lipinski definition) is 5. The summed E-state index contributed by atoms with van der Waals surface area (Å²) in [6, 6.07) is 6.27. The summed E-state index contributed by atoms with van der Waals surface area (Å²) in [4.78, 5) is -0.399. The zero-order chi connectivity index (χ0) is 22.0. The molecule has 28 heavy (non-hydrogen) atoms. The van der Waals surface area contributed by atoms with E-state index in [-0.39, 0.29) is 5.37 Å². The van der Waals surface area contributed by atoms with Crippen LogP contribution in [0.1, 0.15) is 13.8 Å². The highest BCUT2D eigenvalue weighted by atomic mass is 32.3. The second-order valence-electron chi connectivity index (χ2n) is 5.11. The van der Waals surface area contributed by atoms with E-state index in [1.165, 1.54) is 18.2 Å². The highest BCUT2D eigenvalue weighted by Gasteiger charge is 2.54. The lowest BCUT2D eigenvalue weighted by molar-refractivity contribution is -0.0489. The summed E-state index contributed by atoms with van der Waals surface area (Å²) in [5.74, 6) is 0. The van der Waals surface area contributed by atoms with Crippen LogP contribution in [0.25, 0.3) is 0 Å². The quantitative estimate of drug-likeness (QED) is 0.343. The van der Waals surface area contributed by atoms with Gasteiger partial charge in [0.2, 0.25) is 0 Å². The summed E-state index contributed by atoms with van der Waals surface area (Å²) in [7, 11) is -14.4. The molecule has 6 nitrogen and oxygen atoms in total. The van der Waals surface area contributed by atoms with Crippen molar-refractivity contribution in [1.82, 2.24) is 3.71 Å². The lowest BCUT2D eigenvalue weighted by Crippen LogP contribution is -2.43. The number of benzene rings is 1. The molecular formula is C13H15F6NO5S3. The summed E-state index contributed by atoms with van der Waals surface area (Å²) in [5, 5.41) is 0.238. The second kappa shape index (κ2) is 8.69. The van der Waals surface area contributed by atoms with Crippen LogP contribution in [0, 0.1) is 0 Å². The van der Waals surface area contributed by atoms with Gasteiger partial charge >= 0.3 is 21.0 Å². The van der Waals surface area contributed by atoms with Crippen molar-refractivity contribution in [2.45, 2.75) is 35.9 Å². The normalized spacial score (nSPS) is 16.3. The van der Waals surface area contributed by atoms with Gasteiger partial charge in [-0.1, -0.05) is 18.2 Å². The number of sulfonamides is 1. The lowest BCUT2D eigenvalue weighted by Gasteiger charge is -2.29. The van der Waals surface area contributed by atoms with Gasteiger partial charge in [0.1, 0.15) is 0 Å². The van der Waals surface area contributed by atoms with Gasteiger partial charge in [0.15, 0.2) is 0 Å². The summed E-state index contributed by atoms with van der Waals surface area (Å²) in [6.07, 6.45) is -1.85. The van der Waals surface area contributed by atoms with E-state index >= 15 is 0 Å². The molecule has 1 aromatic rings. The molecule has 15 heteroatoms. The Labute approximate surface area is 160 Å². The van der Waals surface area contributed by atoms with Gasteiger partial charge in [0.05, 0.1) is 17.5 Å². The maximum absolute atomic E-state index is 13.1. The van der Waals surface area contributed by atoms with Crippen LogP contribution in [0.2, 0.25) is 0 Å². The standard InChI is InChI=1S/C13H15F6NO5S3/c1-3-26(12(14,15)16)20(28(23,24)13(17,18)19)9-10(2)25-27(21,22)11-7-5-4-6-8-11/h3-8,10H,9H2,1-2H3. The lowest BCUT2D eigenvalue weighted by atomic mass is 10.4. The van der Waals surface area contributed by atoms with E-state index in [9.17, 15) is 43.2 Å². The van der Waals surface area contributed by atoms with Gasteiger partial charge in [-0.2, -0.15) is 34.8 Å². The third-order valence-electron chi connectivity index (χ3n) is 2.97. The third kappa shape index (κ3) is 5.92. The monoisotopic (exact) mass is 475 g/mol. The smallest absolute Gasteiger partial charge is 0.262 e. The molecule has 0 heterocycles. The minimum Gasteiger partial charge on any atom is -0.262 e. The topological polar surface area (TPSA) is 80.8 Å². The van der Waals surface area contributed by atoms with E-state index in [1.54, 1.807) is 0 Å². The zero-order valence-corrected chi connectivity index (χ0v) is 16.7. The molecule has 0 radical (unpaired) electrons. The van der Waals surface area contributed by atoms with Crippen LogP contribution in [-0.2, 0) is 24.3 Å². The van der Waals surface area contributed by atoms with E-state index in [1.807, 2.05) is 0 Å². The third-order valence-corrected chi connectivity index (χ3v) is 8.25. The highest BCUT2D eigenvalue weighted by molar-refractivity contribution is 8.20. The van der Waals surface area contributed by atoms with Crippen molar-refractivity contribution in [1.29, 1.82) is 0 Å². The van der Waals surface area contributed by atoms with E-state index in [2.05, 4.69) is 4.18 Å². The van der Waals surface area contributed by atoms with Crippen molar-refractivity contribution in [2.75, 3.05) is 6.54 Å². The number of halogens is 6. The molecule has 0 aromatic heterocycles. The van der Waals surface area contributed by atoms with Crippen LogP contribution in [0.5, 0.6) is 0 Å². The molecule has 1 aromatic carbocycles. The number of nitrogens with zero attached hydrogens (tertiary/aromatic N) is 1. The van der Waals surface area contributed by atoms with Crippen molar-refractivity contribution < 1.29 is 47.4 Å². The predicted octanol–water partition coefficient (Wildman–Crippen LogP) is 3.46. The Hall–Kier alpha value is -1.16. The molecule has 0 bridgehead atoms. The average molecular weight is 475 g/mol. The Bertz CT molecular complexity index is 910. The van der Waals surface area contributed by atoms with Crippen LogP contribution in [0.15, 0.2) is 35.2 Å². The molecule has 2 atom stereocenters. The van der Waals surface area contributed by atoms with Gasteiger partial charge < -0.3 is 0 Å². The Morgan fingerprint density at radius 3 is 1.96 bits per heavy atom. The van der Waals surface area contributed by atoms with Gasteiger partial charge in [-0.05, 0) is 42.0 Å². The average Bonchev–Trinajstić information content (AvgIpc) is 2.52. The number of rotatable bonds is 7. The Kier molecular flexibility index (Phi) is 7.72. The van der Waals surface area contributed by atoms with Crippen molar-refractivity contribution >= 4 is 36.2 Å². The minimum atomic E-state index is -6.43. The molecule has 0 amide bonds. The maximum atomic E-state index is 13.1. The molecule has 0 saturated heterocycles. The summed E-state index contributed by atoms with van der Waals surface area (Å²) in [6.45, 7) is 0.0789. The van der Waals surface area contributed by atoms with E-state index < -0.39 is 63.1 Å². The van der Waals surface area contributed by atoms with Gasteiger partial charge in [-0.3, -0.25) is 4.18 Å². The van der Waals surface area contributed by atoms with Crippen molar-refractivity contribution in [3.05, 3.63) is 30.3 Å². The second-order valence-corrected chi connectivity index (χ2v) is 10.8. The fourth-order valence-corrected chi connectivity index (χ4v) is 6.31. The fraction of sp³-hybridized carbons (Fsp3) is 0.462. The molecule has 0 N–H and O–H groups in total. The Morgan fingerprint density at radius 2 is 1.57 bits per heavy atom. The molecule has 0 saturated carbocycles. The number of hydrogen-bond donors (Lipinski definition) is 0. The molecule has 1 rings (SSSR count). The highest BCUT2D eigenvalue weighted by Crippen LogP contribution is 2.45. The first-order valence-electron chi connectivity index (χ1n) is 7.21. The van der Waals surface area contributed by atoms with Gasteiger partial charge in [0.25, 0.3) is 10.1 Å². The first-order chi connectivity index (χ1) is 12.5. The fourth-order valence-electron chi connectivity index (χ4n) is 1.87. The van der Waals surface area contributed by atoms with Crippen molar-refractivity contribution in [3.63, 3.8) is 0 Å². The van der Waals surface area contributed by atoms with Crippen LogP contribution >= 0.6 is 10.7 Å². The molecular weight excluding hydrogens is 460 g/mol. The van der Waals surface area contributed by atoms with Crippen LogP contribution in [0.4, 0.5) is 26.3 Å². The molecule has 0 fully saturated rings.